The van der Waals surface area contributed by atoms with E-state index in [9.17, 15) is 22.8 Å². The average molecular weight is 291 g/mol. The van der Waals surface area contributed by atoms with Crippen LogP contribution >= 0.6 is 0 Å². The van der Waals surface area contributed by atoms with Gasteiger partial charge in [-0.2, -0.15) is 8.78 Å². The van der Waals surface area contributed by atoms with Gasteiger partial charge < -0.3 is 15.2 Å². The second-order valence-electron chi connectivity index (χ2n) is 3.97. The van der Waals surface area contributed by atoms with E-state index in [0.717, 1.165) is 12.1 Å². The zero-order valence-corrected chi connectivity index (χ0v) is 10.4. The maximum atomic E-state index is 12.9. The Kier molecular flexibility index (Phi) is 5.36. The number of nitrogens with one attached hydrogen (secondary N) is 1. The second-order valence-corrected chi connectivity index (χ2v) is 3.97. The van der Waals surface area contributed by atoms with Crippen LogP contribution in [0.15, 0.2) is 18.2 Å². The molecule has 0 aromatic heterocycles. The highest BCUT2D eigenvalue weighted by molar-refractivity contribution is 5.97. The van der Waals surface area contributed by atoms with Crippen LogP contribution in [0.2, 0.25) is 0 Å². The number of amides is 1. The molecule has 1 atom stereocenters. The summed E-state index contributed by atoms with van der Waals surface area (Å²) in [7, 11) is 0. The van der Waals surface area contributed by atoms with Gasteiger partial charge in [0.05, 0.1) is 11.5 Å². The minimum absolute atomic E-state index is 0.195. The van der Waals surface area contributed by atoms with E-state index < -0.39 is 36.0 Å². The predicted octanol–water partition coefficient (Wildman–Crippen LogP) is 1.88. The summed E-state index contributed by atoms with van der Waals surface area (Å²) in [6, 6.07) is 2.55. The Morgan fingerprint density at radius 1 is 1.40 bits per heavy atom. The van der Waals surface area contributed by atoms with Crippen LogP contribution in [-0.2, 0) is 4.79 Å². The summed E-state index contributed by atoms with van der Waals surface area (Å²) in [5.74, 6) is -4.24. The Morgan fingerprint density at radius 3 is 2.60 bits per heavy atom. The van der Waals surface area contributed by atoms with Gasteiger partial charge in [-0.05, 0) is 12.1 Å². The molecule has 1 aromatic rings. The van der Waals surface area contributed by atoms with Crippen molar-refractivity contribution in [3.8, 4) is 5.75 Å². The fraction of sp³-hybridized carbons (Fsp3) is 0.333. The average Bonchev–Trinajstić information content (AvgIpc) is 2.34. The molecular formula is C12H12F3NO4. The second kappa shape index (κ2) is 6.78. The number of carbonyl (C=O) groups excluding carboxylic acids is 1. The first-order valence-corrected chi connectivity index (χ1v) is 5.56. The van der Waals surface area contributed by atoms with E-state index in [0.29, 0.717) is 6.07 Å². The molecule has 0 saturated heterocycles. The van der Waals surface area contributed by atoms with Gasteiger partial charge in [-0.25, -0.2) is 4.39 Å². The Bertz CT molecular complexity index is 507. The summed E-state index contributed by atoms with van der Waals surface area (Å²) in [5, 5.41) is 10.9. The number of carboxylic acids is 1. The van der Waals surface area contributed by atoms with Crippen molar-refractivity contribution in [1.29, 1.82) is 0 Å². The van der Waals surface area contributed by atoms with Crippen molar-refractivity contribution in [3.63, 3.8) is 0 Å². The molecule has 0 saturated carbocycles. The Morgan fingerprint density at radius 2 is 2.05 bits per heavy atom. The molecule has 0 spiro atoms. The quantitative estimate of drug-likeness (QED) is 0.839. The molecule has 0 aliphatic rings. The molecule has 1 unspecified atom stereocenters. The lowest BCUT2D eigenvalue weighted by molar-refractivity contribution is -0.140. The molecule has 2 N–H and O–H groups in total. The van der Waals surface area contributed by atoms with Crippen molar-refractivity contribution < 1.29 is 32.6 Å². The van der Waals surface area contributed by atoms with Crippen LogP contribution in [-0.4, -0.2) is 30.1 Å². The number of carboxylic acid groups (broad SMARTS) is 1. The van der Waals surface area contributed by atoms with Crippen LogP contribution < -0.4 is 10.1 Å². The summed E-state index contributed by atoms with van der Waals surface area (Å²) < 4.78 is 41.3. The molecule has 8 heteroatoms. The standard InChI is InChI=1S/C12H12F3NO4/c1-6(11(18)19)5-16-10(17)8-3-2-7(13)4-9(8)20-12(14)15/h2-4,6,12H,5H2,1H3,(H,16,17)(H,18,19). The topological polar surface area (TPSA) is 75.6 Å². The normalized spacial score (nSPS) is 12.1. The minimum Gasteiger partial charge on any atom is -0.481 e. The fourth-order valence-corrected chi connectivity index (χ4v) is 1.31. The minimum atomic E-state index is -3.21. The smallest absolute Gasteiger partial charge is 0.387 e. The maximum absolute atomic E-state index is 12.9. The molecule has 1 aromatic carbocycles. The number of alkyl halides is 2. The maximum Gasteiger partial charge on any atom is 0.387 e. The van der Waals surface area contributed by atoms with E-state index >= 15 is 0 Å². The third-order valence-corrected chi connectivity index (χ3v) is 2.39. The zero-order chi connectivity index (χ0) is 15.3. The Balaban J connectivity index is 2.84. The third-order valence-electron chi connectivity index (χ3n) is 2.39. The van der Waals surface area contributed by atoms with Crippen molar-refractivity contribution >= 4 is 11.9 Å². The molecular weight excluding hydrogens is 279 g/mol. The molecule has 0 bridgehead atoms. The van der Waals surface area contributed by atoms with Crippen molar-refractivity contribution in [2.24, 2.45) is 5.92 Å². The Hall–Kier alpha value is -2.25. The highest BCUT2D eigenvalue weighted by Gasteiger charge is 2.18. The van der Waals surface area contributed by atoms with Gasteiger partial charge in [0, 0.05) is 12.6 Å². The largest absolute Gasteiger partial charge is 0.481 e. The van der Waals surface area contributed by atoms with E-state index in [-0.39, 0.29) is 12.1 Å². The molecule has 0 aliphatic heterocycles. The lowest BCUT2D eigenvalue weighted by Crippen LogP contribution is -2.31. The van der Waals surface area contributed by atoms with Gasteiger partial charge in [0.15, 0.2) is 0 Å². The first-order valence-electron chi connectivity index (χ1n) is 5.56. The van der Waals surface area contributed by atoms with Crippen molar-refractivity contribution in [2.75, 3.05) is 6.54 Å². The monoisotopic (exact) mass is 291 g/mol. The van der Waals surface area contributed by atoms with Gasteiger partial charge in [-0.15, -0.1) is 0 Å². The fourth-order valence-electron chi connectivity index (χ4n) is 1.31. The predicted molar refractivity (Wildman–Crippen MR) is 62.2 cm³/mol. The van der Waals surface area contributed by atoms with Gasteiger partial charge in [-0.3, -0.25) is 9.59 Å². The molecule has 0 aliphatic carbocycles. The summed E-state index contributed by atoms with van der Waals surface area (Å²) in [6.07, 6.45) is 0. The summed E-state index contributed by atoms with van der Waals surface area (Å²) >= 11 is 0. The first kappa shape index (κ1) is 15.8. The van der Waals surface area contributed by atoms with Crippen molar-refractivity contribution in [1.82, 2.24) is 5.32 Å². The van der Waals surface area contributed by atoms with Gasteiger partial charge in [0.25, 0.3) is 5.91 Å². The van der Waals surface area contributed by atoms with E-state index in [1.807, 2.05) is 0 Å². The van der Waals surface area contributed by atoms with Crippen LogP contribution in [0, 0.1) is 11.7 Å². The lowest BCUT2D eigenvalue weighted by Gasteiger charge is -2.12. The number of hydrogen-bond acceptors (Lipinski definition) is 3. The third kappa shape index (κ3) is 4.45. The van der Waals surface area contributed by atoms with Crippen LogP contribution in [0.3, 0.4) is 0 Å². The van der Waals surface area contributed by atoms with Gasteiger partial charge in [0.1, 0.15) is 11.6 Å². The molecule has 0 fully saturated rings. The highest BCUT2D eigenvalue weighted by atomic mass is 19.3. The molecule has 110 valence electrons. The van der Waals surface area contributed by atoms with Crippen LogP contribution in [0.5, 0.6) is 5.75 Å². The molecule has 20 heavy (non-hydrogen) atoms. The molecule has 5 nitrogen and oxygen atoms in total. The zero-order valence-electron chi connectivity index (χ0n) is 10.4. The summed E-state index contributed by atoms with van der Waals surface area (Å²) in [6.45, 7) is -2.04. The van der Waals surface area contributed by atoms with Gasteiger partial charge in [-0.1, -0.05) is 6.92 Å². The van der Waals surface area contributed by atoms with E-state index in [1.54, 1.807) is 0 Å². The number of carbonyl (C=O) groups is 2. The number of rotatable bonds is 6. The Labute approximate surface area is 112 Å². The van der Waals surface area contributed by atoms with Gasteiger partial charge in [0.2, 0.25) is 0 Å². The number of halogens is 3. The SMILES string of the molecule is CC(CNC(=O)c1ccc(F)cc1OC(F)F)C(=O)O. The van der Waals surface area contributed by atoms with Crippen molar-refractivity contribution in [3.05, 3.63) is 29.6 Å². The number of ether oxygens (including phenoxy) is 1. The van der Waals surface area contributed by atoms with Gasteiger partial charge >= 0.3 is 12.6 Å². The van der Waals surface area contributed by atoms with Crippen LogP contribution in [0.25, 0.3) is 0 Å². The first-order chi connectivity index (χ1) is 9.31. The van der Waals surface area contributed by atoms with Crippen molar-refractivity contribution in [2.45, 2.75) is 13.5 Å². The number of hydrogen-bond donors (Lipinski definition) is 2. The summed E-state index contributed by atoms with van der Waals surface area (Å²) in [4.78, 5) is 22.3. The van der Waals surface area contributed by atoms with Crippen LogP contribution in [0.4, 0.5) is 13.2 Å². The summed E-state index contributed by atoms with van der Waals surface area (Å²) in [5.41, 5.74) is -0.302. The van der Waals surface area contributed by atoms with E-state index in [1.165, 1.54) is 6.92 Å². The molecule has 1 rings (SSSR count). The van der Waals surface area contributed by atoms with E-state index in [4.69, 9.17) is 5.11 Å². The molecule has 0 heterocycles. The lowest BCUT2D eigenvalue weighted by atomic mass is 10.1. The highest BCUT2D eigenvalue weighted by Crippen LogP contribution is 2.22. The molecule has 1 amide bonds. The van der Waals surface area contributed by atoms with Crippen LogP contribution in [0.1, 0.15) is 17.3 Å². The number of benzene rings is 1. The van der Waals surface area contributed by atoms with E-state index in [2.05, 4.69) is 10.1 Å². The molecule has 0 radical (unpaired) electrons. The number of aliphatic carboxylic acids is 1.